The van der Waals surface area contributed by atoms with Gasteiger partial charge in [0, 0.05) is 39.0 Å². The molecule has 4 heteroatoms. The summed E-state index contributed by atoms with van der Waals surface area (Å²) in [5.74, 6) is 0.821. The maximum atomic E-state index is 4.89. The molecule has 0 spiro atoms. The quantitative estimate of drug-likeness (QED) is 0.252. The summed E-state index contributed by atoms with van der Waals surface area (Å²) in [6, 6.07) is 36.2. The van der Waals surface area contributed by atoms with Crippen LogP contribution in [0.3, 0.4) is 0 Å². The van der Waals surface area contributed by atoms with Crippen LogP contribution in [0.15, 0.2) is 122 Å². The van der Waals surface area contributed by atoms with Crippen molar-refractivity contribution in [1.29, 1.82) is 0 Å². The van der Waals surface area contributed by atoms with Crippen LogP contribution in [-0.2, 0) is 0 Å². The molecular weight excluding hydrogens is 440 g/mol. The standard InChI is InChI=1S/C32H20N4/c1-3-8-21(9-4-1)26-19-34-29(20-33-26)36-27-13-7-10-22-14-15-25-31(30(22)27)28(36)18-23-16-17-35(32(23)25)24-11-5-2-6-12-24/h1-20H. The molecule has 0 N–H and O–H groups in total. The smallest absolute Gasteiger partial charge is 0.156 e. The topological polar surface area (TPSA) is 35.6 Å². The lowest BCUT2D eigenvalue weighted by atomic mass is 10.0. The summed E-state index contributed by atoms with van der Waals surface area (Å²) in [5, 5.41) is 6.21. The highest BCUT2D eigenvalue weighted by Gasteiger charge is 2.20. The molecule has 0 bridgehead atoms. The van der Waals surface area contributed by atoms with Crippen LogP contribution in [0.5, 0.6) is 0 Å². The molecule has 3 heterocycles. The van der Waals surface area contributed by atoms with Crippen LogP contribution in [0.25, 0.3) is 66.2 Å². The van der Waals surface area contributed by atoms with Gasteiger partial charge >= 0.3 is 0 Å². The number of hydrogen-bond acceptors (Lipinski definition) is 2. The summed E-state index contributed by atoms with van der Waals surface area (Å²) >= 11 is 0. The lowest BCUT2D eigenvalue weighted by molar-refractivity contribution is 1.05. The second kappa shape index (κ2) is 7.27. The monoisotopic (exact) mass is 460 g/mol. The van der Waals surface area contributed by atoms with Gasteiger partial charge in [-0.05, 0) is 35.7 Å². The Hall–Kier alpha value is -4.96. The zero-order valence-electron chi connectivity index (χ0n) is 19.3. The molecule has 0 aliphatic heterocycles. The van der Waals surface area contributed by atoms with Crippen LogP contribution in [0.1, 0.15) is 0 Å². The van der Waals surface area contributed by atoms with Crippen molar-refractivity contribution in [2.24, 2.45) is 0 Å². The van der Waals surface area contributed by atoms with E-state index in [0.29, 0.717) is 0 Å². The molecule has 0 aliphatic rings. The normalized spacial score (nSPS) is 11.9. The van der Waals surface area contributed by atoms with Gasteiger partial charge in [-0.2, -0.15) is 0 Å². The molecule has 0 amide bonds. The average molecular weight is 461 g/mol. The number of aromatic nitrogens is 4. The molecule has 0 atom stereocenters. The first-order chi connectivity index (χ1) is 17.9. The molecule has 0 saturated carbocycles. The van der Waals surface area contributed by atoms with Gasteiger partial charge in [0.15, 0.2) is 5.82 Å². The summed E-state index contributed by atoms with van der Waals surface area (Å²) < 4.78 is 4.55. The third-order valence-electron chi connectivity index (χ3n) is 7.20. The van der Waals surface area contributed by atoms with E-state index in [-0.39, 0.29) is 0 Å². The molecule has 0 aliphatic carbocycles. The Bertz CT molecular complexity index is 2010. The van der Waals surface area contributed by atoms with Crippen LogP contribution in [0.2, 0.25) is 0 Å². The Balaban J connectivity index is 1.44. The highest BCUT2D eigenvalue weighted by atomic mass is 15.1. The maximum Gasteiger partial charge on any atom is 0.156 e. The second-order valence-corrected chi connectivity index (χ2v) is 9.18. The molecule has 36 heavy (non-hydrogen) atoms. The van der Waals surface area contributed by atoms with E-state index in [1.54, 1.807) is 0 Å². The van der Waals surface area contributed by atoms with Gasteiger partial charge < -0.3 is 4.57 Å². The SMILES string of the molecule is c1ccc(-c2cnc(-n3c4cccc5ccc6c(c54)c3cc3ccn(-c4ccccc4)c36)cn2)cc1. The second-order valence-electron chi connectivity index (χ2n) is 9.18. The Kier molecular flexibility index (Phi) is 3.91. The van der Waals surface area contributed by atoms with Crippen molar-refractivity contribution in [2.45, 2.75) is 0 Å². The summed E-state index contributed by atoms with van der Waals surface area (Å²) in [7, 11) is 0. The molecule has 8 rings (SSSR count). The minimum absolute atomic E-state index is 0.821. The third kappa shape index (κ3) is 2.64. The average Bonchev–Trinajstić information content (AvgIpc) is 3.53. The zero-order chi connectivity index (χ0) is 23.6. The van der Waals surface area contributed by atoms with E-state index in [4.69, 9.17) is 9.97 Å². The molecule has 5 aromatic carbocycles. The van der Waals surface area contributed by atoms with E-state index in [1.807, 2.05) is 30.6 Å². The predicted molar refractivity (Wildman–Crippen MR) is 147 cm³/mol. The van der Waals surface area contributed by atoms with Crippen molar-refractivity contribution in [3.05, 3.63) is 122 Å². The van der Waals surface area contributed by atoms with Crippen molar-refractivity contribution < 1.29 is 0 Å². The number of fused-ring (bicyclic) bond motifs is 2. The van der Waals surface area contributed by atoms with Gasteiger partial charge in [-0.1, -0.05) is 72.8 Å². The molecule has 168 valence electrons. The summed E-state index contributed by atoms with van der Waals surface area (Å²) in [5.41, 5.74) is 6.62. The molecular formula is C32H20N4. The van der Waals surface area contributed by atoms with E-state index < -0.39 is 0 Å². The van der Waals surface area contributed by atoms with E-state index in [0.717, 1.165) is 33.8 Å². The molecule has 0 saturated heterocycles. The Morgan fingerprint density at radius 3 is 2.22 bits per heavy atom. The first-order valence-corrected chi connectivity index (χ1v) is 12.1. The summed E-state index contributed by atoms with van der Waals surface area (Å²) in [6.07, 6.45) is 5.92. The van der Waals surface area contributed by atoms with Crippen molar-refractivity contribution in [1.82, 2.24) is 19.1 Å². The molecule has 0 radical (unpaired) electrons. The number of nitrogens with zero attached hydrogens (tertiary/aromatic N) is 4. The van der Waals surface area contributed by atoms with Crippen molar-refractivity contribution in [3.8, 4) is 22.8 Å². The number of hydrogen-bond donors (Lipinski definition) is 0. The largest absolute Gasteiger partial charge is 0.316 e. The van der Waals surface area contributed by atoms with E-state index in [2.05, 4.69) is 100 Å². The van der Waals surface area contributed by atoms with Crippen LogP contribution < -0.4 is 0 Å². The van der Waals surface area contributed by atoms with Crippen LogP contribution in [0, 0.1) is 0 Å². The molecule has 0 unspecified atom stereocenters. The molecule has 8 aromatic rings. The van der Waals surface area contributed by atoms with Gasteiger partial charge in [0.1, 0.15) is 0 Å². The minimum atomic E-state index is 0.821. The van der Waals surface area contributed by atoms with Gasteiger partial charge in [-0.3, -0.25) is 9.55 Å². The number of rotatable bonds is 3. The van der Waals surface area contributed by atoms with Crippen molar-refractivity contribution in [3.63, 3.8) is 0 Å². The van der Waals surface area contributed by atoms with Crippen LogP contribution in [-0.4, -0.2) is 19.1 Å². The van der Waals surface area contributed by atoms with E-state index in [9.17, 15) is 0 Å². The van der Waals surface area contributed by atoms with Crippen LogP contribution >= 0.6 is 0 Å². The third-order valence-corrected chi connectivity index (χ3v) is 7.20. The molecule has 3 aromatic heterocycles. The van der Waals surface area contributed by atoms with Gasteiger partial charge in [-0.25, -0.2) is 4.98 Å². The Morgan fingerprint density at radius 1 is 0.583 bits per heavy atom. The number of benzene rings is 5. The van der Waals surface area contributed by atoms with Gasteiger partial charge in [0.2, 0.25) is 0 Å². The van der Waals surface area contributed by atoms with Crippen LogP contribution in [0.4, 0.5) is 0 Å². The fraction of sp³-hybridized carbons (Fsp3) is 0. The Labute approximate surface area is 207 Å². The fourth-order valence-corrected chi connectivity index (χ4v) is 5.63. The molecule has 0 fully saturated rings. The van der Waals surface area contributed by atoms with Gasteiger partial charge in [0.05, 0.1) is 34.6 Å². The van der Waals surface area contributed by atoms with Crippen molar-refractivity contribution >= 4 is 43.5 Å². The maximum absolute atomic E-state index is 4.89. The van der Waals surface area contributed by atoms with E-state index in [1.165, 1.54) is 32.4 Å². The highest BCUT2D eigenvalue weighted by molar-refractivity contribution is 6.29. The predicted octanol–water partition coefficient (Wildman–Crippen LogP) is 7.78. The Morgan fingerprint density at radius 2 is 1.42 bits per heavy atom. The highest BCUT2D eigenvalue weighted by Crippen LogP contribution is 2.42. The van der Waals surface area contributed by atoms with Crippen molar-refractivity contribution in [2.75, 3.05) is 0 Å². The number of para-hydroxylation sites is 1. The molecule has 4 nitrogen and oxygen atoms in total. The zero-order valence-corrected chi connectivity index (χ0v) is 19.3. The first kappa shape index (κ1) is 19.4. The van der Waals surface area contributed by atoms with E-state index >= 15 is 0 Å². The first-order valence-electron chi connectivity index (χ1n) is 12.1. The summed E-state index contributed by atoms with van der Waals surface area (Å²) in [6.45, 7) is 0. The lowest BCUT2D eigenvalue weighted by Crippen LogP contribution is -1.99. The lowest BCUT2D eigenvalue weighted by Gasteiger charge is -2.10. The fourth-order valence-electron chi connectivity index (χ4n) is 5.63. The van der Waals surface area contributed by atoms with Gasteiger partial charge in [0.25, 0.3) is 0 Å². The summed E-state index contributed by atoms with van der Waals surface area (Å²) in [4.78, 5) is 9.67. The van der Waals surface area contributed by atoms with Gasteiger partial charge in [-0.15, -0.1) is 0 Å². The minimum Gasteiger partial charge on any atom is -0.316 e.